The Bertz CT molecular complexity index is 1080. The van der Waals surface area contributed by atoms with Crippen LogP contribution in [0.15, 0.2) is 41.5 Å². The first-order valence-corrected chi connectivity index (χ1v) is 11.0. The number of ether oxygens (including phenoxy) is 1. The van der Waals surface area contributed by atoms with Gasteiger partial charge in [0, 0.05) is 35.9 Å². The topological polar surface area (TPSA) is 89.6 Å². The zero-order valence-corrected chi connectivity index (χ0v) is 18.0. The van der Waals surface area contributed by atoms with E-state index >= 15 is 0 Å². The summed E-state index contributed by atoms with van der Waals surface area (Å²) < 4.78 is 19.8. The van der Waals surface area contributed by atoms with Crippen LogP contribution in [0.1, 0.15) is 40.9 Å². The molecule has 4 rings (SSSR count). The molecule has 0 spiro atoms. The number of fused-ring (bicyclic) bond motifs is 1. The number of carbonyl (C=O) groups is 1. The summed E-state index contributed by atoms with van der Waals surface area (Å²) in [5.41, 5.74) is 7.28. The maximum absolute atomic E-state index is 14.9. The van der Waals surface area contributed by atoms with Crippen molar-refractivity contribution in [3.63, 3.8) is 0 Å². The van der Waals surface area contributed by atoms with E-state index in [4.69, 9.17) is 15.5 Å². The minimum absolute atomic E-state index is 0.235. The number of pyridine rings is 1. The number of aliphatic imine (C=N–C) groups is 1. The van der Waals surface area contributed by atoms with E-state index in [9.17, 15) is 9.18 Å². The average Bonchev–Trinajstić information content (AvgIpc) is 3.19. The first kappa shape index (κ1) is 21.3. The molecule has 3 N–H and O–H groups in total. The Labute approximate surface area is 184 Å². The van der Waals surface area contributed by atoms with Gasteiger partial charge in [0.15, 0.2) is 5.17 Å². The standard InChI is InChI=1S/C23H23FN4O2S/c1-30-11-3-4-15-6-9-20(26-13-15)21(29)27-17-7-8-19(24)18(12-17)23-10-2-5-16(23)14-31-22(25)28-23/h6-9,12-13,16H,2,5,10-11,14H2,1H3,(H2,25,28)(H,27,29). The Morgan fingerprint density at radius 1 is 1.42 bits per heavy atom. The van der Waals surface area contributed by atoms with Gasteiger partial charge >= 0.3 is 0 Å². The number of carbonyl (C=O) groups excluding carboxylic acids is 1. The summed E-state index contributed by atoms with van der Waals surface area (Å²) in [6.07, 6.45) is 4.25. The zero-order chi connectivity index (χ0) is 21.8. The highest BCUT2D eigenvalue weighted by Crippen LogP contribution is 2.51. The number of rotatable bonds is 4. The van der Waals surface area contributed by atoms with Crippen molar-refractivity contribution in [2.45, 2.75) is 24.8 Å². The van der Waals surface area contributed by atoms with Crippen LogP contribution in [0.4, 0.5) is 10.1 Å². The van der Waals surface area contributed by atoms with Gasteiger partial charge in [0.1, 0.15) is 18.1 Å². The molecule has 1 aliphatic carbocycles. The molecule has 2 unspecified atom stereocenters. The van der Waals surface area contributed by atoms with Crippen LogP contribution >= 0.6 is 11.8 Å². The Morgan fingerprint density at radius 2 is 2.29 bits per heavy atom. The van der Waals surface area contributed by atoms with E-state index in [0.29, 0.717) is 28.6 Å². The number of amides is 1. The SMILES string of the molecule is COCC#Cc1ccc(C(=O)Nc2ccc(F)c(C34CCCC3CSC(N)=N4)c2)nc1. The van der Waals surface area contributed by atoms with Crippen molar-refractivity contribution in [2.75, 3.05) is 24.8 Å². The van der Waals surface area contributed by atoms with Crippen LogP contribution in [0.5, 0.6) is 0 Å². The molecule has 1 amide bonds. The molecule has 0 bridgehead atoms. The number of nitrogens with zero attached hydrogens (tertiary/aromatic N) is 2. The van der Waals surface area contributed by atoms with Crippen molar-refractivity contribution in [2.24, 2.45) is 16.6 Å². The van der Waals surface area contributed by atoms with E-state index < -0.39 is 5.54 Å². The highest BCUT2D eigenvalue weighted by atomic mass is 32.2. The lowest BCUT2D eigenvalue weighted by Crippen LogP contribution is -2.37. The smallest absolute Gasteiger partial charge is 0.274 e. The minimum Gasteiger partial charge on any atom is -0.379 e. The van der Waals surface area contributed by atoms with Gasteiger partial charge < -0.3 is 15.8 Å². The highest BCUT2D eigenvalue weighted by molar-refractivity contribution is 8.13. The molecule has 1 saturated carbocycles. The molecule has 160 valence electrons. The van der Waals surface area contributed by atoms with Gasteiger partial charge in [-0.2, -0.15) is 0 Å². The van der Waals surface area contributed by atoms with E-state index in [-0.39, 0.29) is 23.3 Å². The van der Waals surface area contributed by atoms with Crippen molar-refractivity contribution in [1.29, 1.82) is 0 Å². The predicted molar refractivity (Wildman–Crippen MR) is 120 cm³/mol. The summed E-state index contributed by atoms with van der Waals surface area (Å²) in [5.74, 6) is 6.09. The van der Waals surface area contributed by atoms with Crippen LogP contribution in [0.3, 0.4) is 0 Å². The lowest BCUT2D eigenvalue weighted by Gasteiger charge is -2.36. The number of halogens is 1. The third-order valence-electron chi connectivity index (χ3n) is 5.66. The summed E-state index contributed by atoms with van der Waals surface area (Å²) in [6.45, 7) is 0.325. The van der Waals surface area contributed by atoms with Gasteiger partial charge in [-0.05, 0) is 49.1 Å². The van der Waals surface area contributed by atoms with Crippen molar-refractivity contribution >= 4 is 28.5 Å². The molecular formula is C23H23FN4O2S. The third-order valence-corrected chi connectivity index (χ3v) is 6.62. The molecule has 1 aliphatic heterocycles. The van der Waals surface area contributed by atoms with Crippen LogP contribution in [0.2, 0.25) is 0 Å². The molecule has 31 heavy (non-hydrogen) atoms. The molecular weight excluding hydrogens is 415 g/mol. The second kappa shape index (κ2) is 9.08. The van der Waals surface area contributed by atoms with Crippen LogP contribution < -0.4 is 11.1 Å². The lowest BCUT2D eigenvalue weighted by molar-refractivity contribution is 0.102. The number of amidine groups is 1. The Balaban J connectivity index is 1.56. The summed E-state index contributed by atoms with van der Waals surface area (Å²) in [7, 11) is 1.57. The van der Waals surface area contributed by atoms with E-state index in [2.05, 4.69) is 22.1 Å². The van der Waals surface area contributed by atoms with Gasteiger partial charge in [-0.15, -0.1) is 0 Å². The number of hydrogen-bond donors (Lipinski definition) is 2. The molecule has 1 aromatic heterocycles. The fourth-order valence-electron chi connectivity index (χ4n) is 4.20. The van der Waals surface area contributed by atoms with Crippen LogP contribution in [0, 0.1) is 23.6 Å². The molecule has 6 nitrogen and oxygen atoms in total. The van der Waals surface area contributed by atoms with Gasteiger partial charge in [-0.1, -0.05) is 30.0 Å². The Hall–Kier alpha value is -2.89. The van der Waals surface area contributed by atoms with Crippen molar-refractivity contribution in [1.82, 2.24) is 4.98 Å². The number of hydrogen-bond acceptors (Lipinski definition) is 6. The molecule has 2 atom stereocenters. The number of thioether (sulfide) groups is 1. The number of aromatic nitrogens is 1. The molecule has 0 saturated heterocycles. The number of anilines is 1. The lowest BCUT2D eigenvalue weighted by atomic mass is 9.81. The fraction of sp³-hybridized carbons (Fsp3) is 0.348. The monoisotopic (exact) mass is 438 g/mol. The maximum atomic E-state index is 14.9. The fourth-order valence-corrected chi connectivity index (χ4v) is 5.24. The molecule has 2 heterocycles. The number of nitrogens with two attached hydrogens (primary N) is 1. The van der Waals surface area contributed by atoms with Gasteiger partial charge in [0.2, 0.25) is 0 Å². The molecule has 1 fully saturated rings. The van der Waals surface area contributed by atoms with Crippen molar-refractivity contribution in [3.8, 4) is 11.8 Å². The zero-order valence-electron chi connectivity index (χ0n) is 17.2. The molecule has 8 heteroatoms. The highest BCUT2D eigenvalue weighted by Gasteiger charge is 2.48. The summed E-state index contributed by atoms with van der Waals surface area (Å²) in [4.78, 5) is 21.5. The van der Waals surface area contributed by atoms with Crippen molar-refractivity contribution in [3.05, 3.63) is 59.2 Å². The molecule has 2 aliphatic rings. The molecule has 1 aromatic carbocycles. The van der Waals surface area contributed by atoms with Crippen LogP contribution in [0.25, 0.3) is 0 Å². The van der Waals surface area contributed by atoms with E-state index in [0.717, 1.165) is 25.0 Å². The summed E-state index contributed by atoms with van der Waals surface area (Å²) in [5, 5.41) is 3.31. The Kier molecular flexibility index (Phi) is 6.25. The number of nitrogens with one attached hydrogen (secondary N) is 1. The maximum Gasteiger partial charge on any atom is 0.274 e. The largest absolute Gasteiger partial charge is 0.379 e. The van der Waals surface area contributed by atoms with Gasteiger partial charge in [0.05, 0.1) is 5.54 Å². The number of benzene rings is 1. The minimum atomic E-state index is -0.652. The van der Waals surface area contributed by atoms with E-state index in [1.54, 1.807) is 31.4 Å². The first-order valence-electron chi connectivity index (χ1n) is 10.1. The second-order valence-electron chi connectivity index (χ2n) is 7.59. The van der Waals surface area contributed by atoms with E-state index in [1.165, 1.54) is 24.0 Å². The quantitative estimate of drug-likeness (QED) is 0.713. The Morgan fingerprint density at radius 3 is 3.06 bits per heavy atom. The van der Waals surface area contributed by atoms with Gasteiger partial charge in [0.25, 0.3) is 5.91 Å². The van der Waals surface area contributed by atoms with Crippen molar-refractivity contribution < 1.29 is 13.9 Å². The average molecular weight is 439 g/mol. The summed E-state index contributed by atoms with van der Waals surface area (Å²) in [6, 6.07) is 7.94. The normalized spacial score (nSPS) is 22.1. The second-order valence-corrected chi connectivity index (χ2v) is 8.63. The summed E-state index contributed by atoms with van der Waals surface area (Å²) >= 11 is 1.52. The van der Waals surface area contributed by atoms with E-state index in [1.807, 2.05) is 0 Å². The molecule has 0 radical (unpaired) electrons. The molecule has 2 aromatic rings. The van der Waals surface area contributed by atoms with Gasteiger partial charge in [-0.25, -0.2) is 9.37 Å². The predicted octanol–water partition coefficient (Wildman–Crippen LogP) is 3.53. The third kappa shape index (κ3) is 4.43. The number of methoxy groups -OCH3 is 1. The van der Waals surface area contributed by atoms with Crippen LogP contribution in [-0.2, 0) is 10.3 Å². The van der Waals surface area contributed by atoms with Crippen LogP contribution in [-0.4, -0.2) is 35.5 Å². The first-order chi connectivity index (χ1) is 15.0. The van der Waals surface area contributed by atoms with Gasteiger partial charge in [-0.3, -0.25) is 9.79 Å².